The molecule has 9 nitrogen and oxygen atoms in total. The van der Waals surface area contributed by atoms with E-state index < -0.39 is 5.97 Å². The standard InChI is InChI=1S/C27H29N5O4S/c1-6-13-32-23(15-36-19-10-8-18(9-11-19)27(2,3)4)30-31-26(32)37-16-22-28-21-14-17(25(34)35-5)7-12-20(21)24(33)29-22/h6-12,14H,1,13,15-16H2,2-5H3,(H,28,29,33). The molecule has 0 fully saturated rings. The highest BCUT2D eigenvalue weighted by Crippen LogP contribution is 2.25. The van der Waals surface area contributed by atoms with Crippen LogP contribution in [0.15, 0.2) is 65.1 Å². The van der Waals surface area contributed by atoms with E-state index in [0.29, 0.717) is 45.6 Å². The Kier molecular flexibility index (Phi) is 7.77. The lowest BCUT2D eigenvalue weighted by Gasteiger charge is -2.19. The van der Waals surface area contributed by atoms with Crippen molar-refractivity contribution in [3.05, 3.63) is 88.2 Å². The van der Waals surface area contributed by atoms with Crippen LogP contribution in [0.2, 0.25) is 0 Å². The molecule has 2 heterocycles. The SMILES string of the molecule is C=CCn1c(COc2ccc(C(C)(C)C)cc2)nnc1SCc1nc2cc(C(=O)OC)ccc2c(=O)[nH]1. The van der Waals surface area contributed by atoms with E-state index in [4.69, 9.17) is 9.47 Å². The summed E-state index contributed by atoms with van der Waals surface area (Å²) >= 11 is 1.38. The van der Waals surface area contributed by atoms with Crippen molar-refractivity contribution in [3.8, 4) is 5.75 Å². The number of thioether (sulfide) groups is 1. The summed E-state index contributed by atoms with van der Waals surface area (Å²) in [5.74, 6) is 1.72. The first-order chi connectivity index (χ1) is 17.7. The summed E-state index contributed by atoms with van der Waals surface area (Å²) in [7, 11) is 1.31. The Morgan fingerprint density at radius 2 is 1.92 bits per heavy atom. The van der Waals surface area contributed by atoms with Crippen molar-refractivity contribution in [1.29, 1.82) is 0 Å². The molecule has 192 valence electrons. The van der Waals surface area contributed by atoms with Crippen LogP contribution in [0.25, 0.3) is 10.9 Å². The Hall–Kier alpha value is -3.92. The van der Waals surface area contributed by atoms with Gasteiger partial charge in [0.1, 0.15) is 18.2 Å². The molecule has 0 radical (unpaired) electrons. The number of rotatable bonds is 9. The molecule has 0 atom stereocenters. The second-order valence-corrected chi connectivity index (χ2v) is 10.3. The molecule has 2 aromatic heterocycles. The maximum atomic E-state index is 12.5. The molecule has 0 saturated carbocycles. The summed E-state index contributed by atoms with van der Waals surface area (Å²) in [6, 6.07) is 12.7. The van der Waals surface area contributed by atoms with Crippen molar-refractivity contribution < 1.29 is 14.3 Å². The number of hydrogen-bond acceptors (Lipinski definition) is 8. The number of nitrogens with one attached hydrogen (secondary N) is 1. The number of methoxy groups -OCH3 is 1. The number of benzene rings is 2. The van der Waals surface area contributed by atoms with E-state index >= 15 is 0 Å². The molecular weight excluding hydrogens is 490 g/mol. The smallest absolute Gasteiger partial charge is 0.337 e. The van der Waals surface area contributed by atoms with Crippen molar-refractivity contribution in [2.75, 3.05) is 7.11 Å². The van der Waals surface area contributed by atoms with Gasteiger partial charge in [0, 0.05) is 6.54 Å². The minimum Gasteiger partial charge on any atom is -0.486 e. The van der Waals surface area contributed by atoms with E-state index in [2.05, 4.69) is 59.6 Å². The summed E-state index contributed by atoms with van der Waals surface area (Å²) in [4.78, 5) is 31.7. The highest BCUT2D eigenvalue weighted by Gasteiger charge is 2.16. The maximum absolute atomic E-state index is 12.5. The summed E-state index contributed by atoms with van der Waals surface area (Å²) in [5.41, 5.74) is 1.77. The van der Waals surface area contributed by atoms with E-state index in [0.717, 1.165) is 5.75 Å². The summed E-state index contributed by atoms with van der Waals surface area (Å²) in [6.07, 6.45) is 1.76. The zero-order valence-electron chi connectivity index (χ0n) is 21.3. The minimum atomic E-state index is -0.489. The van der Waals surface area contributed by atoms with Crippen molar-refractivity contribution in [2.24, 2.45) is 0 Å². The van der Waals surface area contributed by atoms with Crippen LogP contribution in [0.5, 0.6) is 5.75 Å². The van der Waals surface area contributed by atoms with Crippen molar-refractivity contribution in [1.82, 2.24) is 24.7 Å². The van der Waals surface area contributed by atoms with Gasteiger partial charge in [0.2, 0.25) is 0 Å². The van der Waals surface area contributed by atoms with Crippen LogP contribution in [-0.2, 0) is 29.1 Å². The highest BCUT2D eigenvalue weighted by atomic mass is 32.2. The van der Waals surface area contributed by atoms with Gasteiger partial charge < -0.3 is 14.5 Å². The fraction of sp³-hybridized carbons (Fsp3) is 0.296. The topological polar surface area (TPSA) is 112 Å². The number of fused-ring (bicyclic) bond motifs is 1. The molecule has 4 rings (SSSR count). The predicted molar refractivity (Wildman–Crippen MR) is 143 cm³/mol. The number of esters is 1. The Balaban J connectivity index is 1.49. The molecule has 0 aliphatic rings. The molecule has 0 aliphatic carbocycles. The molecule has 1 N–H and O–H groups in total. The fourth-order valence-electron chi connectivity index (χ4n) is 3.68. The van der Waals surface area contributed by atoms with Gasteiger partial charge in [-0.2, -0.15) is 0 Å². The Bertz CT molecular complexity index is 1490. The summed E-state index contributed by atoms with van der Waals surface area (Å²) in [5, 5.41) is 9.65. The lowest BCUT2D eigenvalue weighted by atomic mass is 9.87. The third-order valence-corrected chi connectivity index (χ3v) is 6.69. The van der Waals surface area contributed by atoms with Crippen molar-refractivity contribution >= 4 is 28.6 Å². The van der Waals surface area contributed by atoms with Crippen LogP contribution in [-0.4, -0.2) is 37.8 Å². The van der Waals surface area contributed by atoms with Crippen LogP contribution in [0, 0.1) is 0 Å². The van der Waals surface area contributed by atoms with Gasteiger partial charge in [-0.1, -0.05) is 50.7 Å². The molecule has 0 bridgehead atoms. The van der Waals surface area contributed by atoms with E-state index in [-0.39, 0.29) is 17.6 Å². The number of carbonyl (C=O) groups excluding carboxylic acids is 1. The van der Waals surface area contributed by atoms with Crippen molar-refractivity contribution in [3.63, 3.8) is 0 Å². The molecule has 0 spiro atoms. The first-order valence-electron chi connectivity index (χ1n) is 11.7. The van der Waals surface area contributed by atoms with E-state index in [9.17, 15) is 9.59 Å². The number of aromatic nitrogens is 5. The third-order valence-electron chi connectivity index (χ3n) is 5.71. The minimum absolute atomic E-state index is 0.0720. The molecule has 2 aromatic carbocycles. The van der Waals surface area contributed by atoms with Crippen molar-refractivity contribution in [2.45, 2.75) is 50.2 Å². The number of hydrogen-bond donors (Lipinski definition) is 1. The molecule has 0 aliphatic heterocycles. The fourth-order valence-corrected chi connectivity index (χ4v) is 4.51. The average molecular weight is 520 g/mol. The molecule has 0 saturated heterocycles. The monoisotopic (exact) mass is 519 g/mol. The highest BCUT2D eigenvalue weighted by molar-refractivity contribution is 7.98. The number of allylic oxidation sites excluding steroid dienone is 1. The number of aromatic amines is 1. The zero-order chi connectivity index (χ0) is 26.6. The first-order valence-corrected chi connectivity index (χ1v) is 12.7. The van der Waals surface area contributed by atoms with Gasteiger partial charge in [-0.3, -0.25) is 9.36 Å². The number of H-pyrrole nitrogens is 1. The molecule has 0 unspecified atom stereocenters. The van der Waals surface area contributed by atoms with Gasteiger partial charge >= 0.3 is 5.97 Å². The summed E-state index contributed by atoms with van der Waals surface area (Å²) in [6.45, 7) is 11.1. The lowest BCUT2D eigenvalue weighted by molar-refractivity contribution is 0.0601. The first kappa shape index (κ1) is 26.2. The number of ether oxygens (including phenoxy) is 2. The van der Waals surface area contributed by atoms with Gasteiger partial charge in [-0.05, 0) is 41.3 Å². The van der Waals surface area contributed by atoms with Crippen LogP contribution < -0.4 is 10.3 Å². The van der Waals surface area contributed by atoms with Crippen LogP contribution in [0.3, 0.4) is 0 Å². The summed E-state index contributed by atoms with van der Waals surface area (Å²) < 4.78 is 12.6. The van der Waals surface area contributed by atoms with Gasteiger partial charge in [-0.25, -0.2) is 9.78 Å². The van der Waals surface area contributed by atoms with Gasteiger partial charge in [0.25, 0.3) is 5.56 Å². The van der Waals surface area contributed by atoms with Gasteiger partial charge in [0.05, 0.1) is 29.3 Å². The van der Waals surface area contributed by atoms with E-state index in [1.54, 1.807) is 24.3 Å². The lowest BCUT2D eigenvalue weighted by Crippen LogP contribution is -2.12. The second kappa shape index (κ2) is 11.0. The number of nitrogens with zero attached hydrogens (tertiary/aromatic N) is 4. The van der Waals surface area contributed by atoms with Gasteiger partial charge in [0.15, 0.2) is 11.0 Å². The van der Waals surface area contributed by atoms with Crippen LogP contribution in [0.1, 0.15) is 48.3 Å². The Morgan fingerprint density at radius 3 is 2.59 bits per heavy atom. The predicted octanol–water partition coefficient (Wildman–Crippen LogP) is 4.66. The molecule has 4 aromatic rings. The molecule has 37 heavy (non-hydrogen) atoms. The van der Waals surface area contributed by atoms with Crippen LogP contribution in [0.4, 0.5) is 0 Å². The maximum Gasteiger partial charge on any atom is 0.337 e. The molecule has 10 heteroatoms. The van der Waals surface area contributed by atoms with E-state index in [1.165, 1.54) is 24.4 Å². The normalized spacial score (nSPS) is 11.5. The Labute approximate surface area is 218 Å². The molecule has 0 amide bonds. The third kappa shape index (κ3) is 6.08. The zero-order valence-corrected chi connectivity index (χ0v) is 22.1. The molecular formula is C27H29N5O4S. The largest absolute Gasteiger partial charge is 0.486 e. The number of carbonyl (C=O) groups is 1. The second-order valence-electron chi connectivity index (χ2n) is 9.39. The quantitative estimate of drug-likeness (QED) is 0.193. The van der Waals surface area contributed by atoms with Gasteiger partial charge in [-0.15, -0.1) is 16.8 Å². The van der Waals surface area contributed by atoms with Crippen LogP contribution >= 0.6 is 11.8 Å². The van der Waals surface area contributed by atoms with E-state index in [1.807, 2.05) is 16.7 Å². The Morgan fingerprint density at radius 1 is 1.16 bits per heavy atom. The average Bonchev–Trinajstić information content (AvgIpc) is 3.26.